The largest absolute Gasteiger partial charge is 0.497 e. The number of rotatable bonds is 4. The maximum atomic E-state index is 6.27. The summed E-state index contributed by atoms with van der Waals surface area (Å²) in [6.07, 6.45) is 3.57. The normalized spacial score (nSPS) is 18.9. The highest BCUT2D eigenvalue weighted by atomic mass is 16.5. The molecule has 3 N–H and O–H groups in total. The second-order valence-corrected chi connectivity index (χ2v) is 4.81. The molecule has 0 amide bonds. The van der Waals surface area contributed by atoms with Crippen molar-refractivity contribution in [1.82, 2.24) is 5.32 Å². The Hall–Kier alpha value is -1.06. The summed E-state index contributed by atoms with van der Waals surface area (Å²) in [4.78, 5) is 0. The molecule has 94 valence electrons. The first-order chi connectivity index (χ1) is 8.29. The van der Waals surface area contributed by atoms with Gasteiger partial charge in [0.25, 0.3) is 0 Å². The molecule has 17 heavy (non-hydrogen) atoms. The molecule has 0 spiro atoms. The Morgan fingerprint density at radius 3 is 2.88 bits per heavy atom. The van der Waals surface area contributed by atoms with Crippen molar-refractivity contribution in [1.29, 1.82) is 0 Å². The van der Waals surface area contributed by atoms with E-state index in [1.54, 1.807) is 7.11 Å². The molecule has 1 aromatic carbocycles. The number of nitrogens with two attached hydrogens (primary N) is 1. The third kappa shape index (κ3) is 3.45. The molecule has 1 heterocycles. The van der Waals surface area contributed by atoms with E-state index in [4.69, 9.17) is 10.5 Å². The molecular formula is C14H22N2O. The average Bonchev–Trinajstić information content (AvgIpc) is 2.40. The van der Waals surface area contributed by atoms with E-state index >= 15 is 0 Å². The summed E-state index contributed by atoms with van der Waals surface area (Å²) in [6.45, 7) is 2.27. The van der Waals surface area contributed by atoms with Gasteiger partial charge in [-0.25, -0.2) is 0 Å². The summed E-state index contributed by atoms with van der Waals surface area (Å²) in [5.74, 6) is 1.65. The van der Waals surface area contributed by atoms with E-state index < -0.39 is 0 Å². The third-order valence-electron chi connectivity index (χ3n) is 3.57. The summed E-state index contributed by atoms with van der Waals surface area (Å²) in [5, 5.41) is 3.39. The summed E-state index contributed by atoms with van der Waals surface area (Å²) < 4.78 is 5.23. The Bertz CT molecular complexity index is 348. The van der Waals surface area contributed by atoms with Crippen molar-refractivity contribution in [3.05, 3.63) is 29.8 Å². The molecule has 0 radical (unpaired) electrons. The summed E-state index contributed by atoms with van der Waals surface area (Å²) in [5.41, 5.74) is 7.46. The van der Waals surface area contributed by atoms with Crippen LogP contribution in [0.15, 0.2) is 24.3 Å². The SMILES string of the molecule is COc1cccc(C(N)CC2CCNCC2)c1. The quantitative estimate of drug-likeness (QED) is 0.838. The molecule has 1 saturated heterocycles. The van der Waals surface area contributed by atoms with E-state index in [1.165, 1.54) is 18.4 Å². The van der Waals surface area contributed by atoms with Gasteiger partial charge in [-0.1, -0.05) is 12.1 Å². The van der Waals surface area contributed by atoms with Gasteiger partial charge >= 0.3 is 0 Å². The highest BCUT2D eigenvalue weighted by Crippen LogP contribution is 2.26. The minimum absolute atomic E-state index is 0.133. The van der Waals surface area contributed by atoms with Crippen LogP contribution in [0.3, 0.4) is 0 Å². The lowest BCUT2D eigenvalue weighted by molar-refractivity contribution is 0.332. The van der Waals surface area contributed by atoms with Gasteiger partial charge in [-0.2, -0.15) is 0 Å². The number of nitrogens with one attached hydrogen (secondary N) is 1. The highest BCUT2D eigenvalue weighted by molar-refractivity contribution is 5.30. The first-order valence-corrected chi connectivity index (χ1v) is 6.40. The van der Waals surface area contributed by atoms with E-state index in [-0.39, 0.29) is 6.04 Å². The molecule has 1 fully saturated rings. The predicted octanol–water partition coefficient (Wildman–Crippen LogP) is 2.08. The van der Waals surface area contributed by atoms with Gasteiger partial charge in [0.15, 0.2) is 0 Å². The van der Waals surface area contributed by atoms with Crippen LogP contribution in [0.4, 0.5) is 0 Å². The standard InChI is InChI=1S/C14H22N2O/c1-17-13-4-2-3-12(10-13)14(15)9-11-5-7-16-8-6-11/h2-4,10-11,14,16H,5-9,15H2,1H3. The molecule has 0 bridgehead atoms. The zero-order chi connectivity index (χ0) is 12.1. The van der Waals surface area contributed by atoms with E-state index in [0.717, 1.165) is 31.2 Å². The van der Waals surface area contributed by atoms with Crippen LogP contribution >= 0.6 is 0 Å². The molecule has 0 saturated carbocycles. The van der Waals surface area contributed by atoms with Crippen LogP contribution in [-0.4, -0.2) is 20.2 Å². The van der Waals surface area contributed by atoms with Crippen LogP contribution in [0, 0.1) is 5.92 Å². The van der Waals surface area contributed by atoms with Crippen molar-refractivity contribution in [2.75, 3.05) is 20.2 Å². The van der Waals surface area contributed by atoms with Gasteiger partial charge in [0, 0.05) is 6.04 Å². The molecule has 1 aliphatic heterocycles. The summed E-state index contributed by atoms with van der Waals surface area (Å²) >= 11 is 0. The van der Waals surface area contributed by atoms with Crippen LogP contribution in [0.1, 0.15) is 30.9 Å². The van der Waals surface area contributed by atoms with E-state index in [9.17, 15) is 0 Å². The lowest BCUT2D eigenvalue weighted by Crippen LogP contribution is -2.29. The topological polar surface area (TPSA) is 47.3 Å². The maximum Gasteiger partial charge on any atom is 0.119 e. The lowest BCUT2D eigenvalue weighted by Gasteiger charge is -2.25. The molecule has 0 aliphatic carbocycles. The average molecular weight is 234 g/mol. The summed E-state index contributed by atoms with van der Waals surface area (Å²) in [7, 11) is 1.69. The molecule has 0 aromatic heterocycles. The summed E-state index contributed by atoms with van der Waals surface area (Å²) in [6, 6.07) is 8.24. The van der Waals surface area contributed by atoms with Crippen LogP contribution < -0.4 is 15.8 Å². The first-order valence-electron chi connectivity index (χ1n) is 6.40. The molecule has 1 atom stereocenters. The minimum atomic E-state index is 0.133. The van der Waals surface area contributed by atoms with Crippen LogP contribution in [0.2, 0.25) is 0 Å². The van der Waals surface area contributed by atoms with Gasteiger partial charge in [-0.3, -0.25) is 0 Å². The fourth-order valence-corrected chi connectivity index (χ4v) is 2.48. The Morgan fingerprint density at radius 1 is 1.41 bits per heavy atom. The first kappa shape index (κ1) is 12.4. The zero-order valence-electron chi connectivity index (χ0n) is 10.5. The number of hydrogen-bond acceptors (Lipinski definition) is 3. The number of ether oxygens (including phenoxy) is 1. The van der Waals surface area contributed by atoms with Crippen molar-refractivity contribution in [3.8, 4) is 5.75 Å². The van der Waals surface area contributed by atoms with Crippen molar-refractivity contribution in [3.63, 3.8) is 0 Å². The van der Waals surface area contributed by atoms with Crippen molar-refractivity contribution in [2.24, 2.45) is 11.7 Å². The Balaban J connectivity index is 1.95. The smallest absolute Gasteiger partial charge is 0.119 e. The van der Waals surface area contributed by atoms with Crippen LogP contribution in [-0.2, 0) is 0 Å². The van der Waals surface area contributed by atoms with Crippen LogP contribution in [0.25, 0.3) is 0 Å². The molecule has 2 rings (SSSR count). The fraction of sp³-hybridized carbons (Fsp3) is 0.571. The number of piperidine rings is 1. The predicted molar refractivity (Wildman–Crippen MR) is 70.1 cm³/mol. The number of benzene rings is 1. The molecule has 1 aromatic rings. The maximum absolute atomic E-state index is 6.27. The minimum Gasteiger partial charge on any atom is -0.497 e. The van der Waals surface area contributed by atoms with E-state index in [2.05, 4.69) is 11.4 Å². The number of hydrogen-bond donors (Lipinski definition) is 2. The van der Waals surface area contributed by atoms with Gasteiger partial charge in [0.1, 0.15) is 5.75 Å². The van der Waals surface area contributed by atoms with Crippen LogP contribution in [0.5, 0.6) is 5.75 Å². The third-order valence-corrected chi connectivity index (χ3v) is 3.57. The second-order valence-electron chi connectivity index (χ2n) is 4.81. The van der Waals surface area contributed by atoms with Gasteiger partial charge < -0.3 is 15.8 Å². The van der Waals surface area contributed by atoms with Gasteiger partial charge in [0.2, 0.25) is 0 Å². The Kier molecular flexibility index (Phi) is 4.40. The molecular weight excluding hydrogens is 212 g/mol. The Labute approximate surface area is 103 Å². The van der Waals surface area contributed by atoms with Gasteiger partial charge in [-0.15, -0.1) is 0 Å². The zero-order valence-corrected chi connectivity index (χ0v) is 10.5. The van der Waals surface area contributed by atoms with Gasteiger partial charge in [-0.05, 0) is 56.0 Å². The molecule has 3 heteroatoms. The monoisotopic (exact) mass is 234 g/mol. The van der Waals surface area contributed by atoms with Crippen molar-refractivity contribution >= 4 is 0 Å². The van der Waals surface area contributed by atoms with Gasteiger partial charge in [0.05, 0.1) is 7.11 Å². The molecule has 3 nitrogen and oxygen atoms in total. The van der Waals surface area contributed by atoms with E-state index in [0.29, 0.717) is 0 Å². The van der Waals surface area contributed by atoms with E-state index in [1.807, 2.05) is 18.2 Å². The van der Waals surface area contributed by atoms with Crippen molar-refractivity contribution in [2.45, 2.75) is 25.3 Å². The fourth-order valence-electron chi connectivity index (χ4n) is 2.48. The molecule has 1 unspecified atom stereocenters. The van der Waals surface area contributed by atoms with Crippen molar-refractivity contribution < 1.29 is 4.74 Å². The Morgan fingerprint density at radius 2 is 2.18 bits per heavy atom. The lowest BCUT2D eigenvalue weighted by atomic mass is 9.89. The highest BCUT2D eigenvalue weighted by Gasteiger charge is 2.17. The molecule has 1 aliphatic rings. The second kappa shape index (κ2) is 6.03. The number of methoxy groups -OCH3 is 1.